The van der Waals surface area contributed by atoms with E-state index < -0.39 is 78.6 Å². The third-order valence-electron chi connectivity index (χ3n) is 7.05. The number of carboxylic acids is 1. The molecule has 0 aromatic heterocycles. The fraction of sp³-hybridized carbons (Fsp3) is 0.433. The summed E-state index contributed by atoms with van der Waals surface area (Å²) in [6, 6.07) is 7.17. The molecular formula is C30H40N6O8. The van der Waals surface area contributed by atoms with E-state index >= 15 is 0 Å². The third kappa shape index (κ3) is 10.8. The Morgan fingerprint density at radius 2 is 1.32 bits per heavy atom. The second-order valence-corrected chi connectivity index (χ2v) is 10.5. The second kappa shape index (κ2) is 16.7. The molecular weight excluding hydrogens is 572 g/mol. The van der Waals surface area contributed by atoms with Crippen LogP contribution in [0.25, 0.3) is 10.8 Å². The number of Topliss-reactive ketones (excluding diaryl/α,β-unsaturated/α-hetero) is 1. The summed E-state index contributed by atoms with van der Waals surface area (Å²) < 4.78 is 0. The Kier molecular flexibility index (Phi) is 13.4. The Morgan fingerprint density at radius 3 is 1.93 bits per heavy atom. The van der Waals surface area contributed by atoms with Gasteiger partial charge >= 0.3 is 5.97 Å². The number of aliphatic carboxylic acids is 1. The fourth-order valence-corrected chi connectivity index (χ4v) is 4.23. The normalized spacial score (nSPS) is 14.3. The van der Waals surface area contributed by atoms with Gasteiger partial charge in [-0.15, -0.1) is 0 Å². The molecule has 0 unspecified atom stereocenters. The summed E-state index contributed by atoms with van der Waals surface area (Å²) in [4.78, 5) is 87.3. The molecule has 2 aromatic rings. The van der Waals surface area contributed by atoms with Crippen LogP contribution in [0.5, 0.6) is 0 Å². The van der Waals surface area contributed by atoms with Crippen LogP contribution in [0, 0.1) is 0 Å². The zero-order valence-electron chi connectivity index (χ0n) is 25.1. The first kappa shape index (κ1) is 35.3. The van der Waals surface area contributed by atoms with Gasteiger partial charge in [0.25, 0.3) is 0 Å². The standard InChI is InChI=1S/C30H40N6O8/c1-16(18(3)37)33-29(43)23(14-20-10-7-9-19-8-5-6-11-21(19)20)36-28(42)22(12-13-26(39)40)34-30(44)24(15-25(31)38)35-27(41)17(2)32-4/h5-11,16-17,22-24,32H,12-15H2,1-4H3,(H2,31,38)(H,33,43)(H,34,44)(H,35,41)(H,36,42)(H,39,40)/t16-,17-,22+,23+,24+/m0/s1. The average molecular weight is 613 g/mol. The number of likely N-dealkylation sites (N-methyl/N-ethyl adjacent to an activating group) is 1. The van der Waals surface area contributed by atoms with Crippen molar-refractivity contribution < 1.29 is 38.7 Å². The predicted molar refractivity (Wildman–Crippen MR) is 161 cm³/mol. The summed E-state index contributed by atoms with van der Waals surface area (Å²) in [5.41, 5.74) is 5.98. The minimum absolute atomic E-state index is 0.00537. The highest BCUT2D eigenvalue weighted by Gasteiger charge is 2.32. The lowest BCUT2D eigenvalue weighted by atomic mass is 9.97. The summed E-state index contributed by atoms with van der Waals surface area (Å²) in [6.07, 6.45) is -1.48. The highest BCUT2D eigenvalue weighted by molar-refractivity contribution is 5.97. The monoisotopic (exact) mass is 612 g/mol. The number of nitrogens with one attached hydrogen (secondary N) is 5. The number of hydrogen-bond donors (Lipinski definition) is 7. The molecule has 0 aliphatic heterocycles. The maximum absolute atomic E-state index is 13.5. The van der Waals surface area contributed by atoms with Crippen LogP contribution in [0.4, 0.5) is 0 Å². The van der Waals surface area contributed by atoms with E-state index in [1.807, 2.05) is 30.3 Å². The molecule has 0 bridgehead atoms. The first-order chi connectivity index (χ1) is 20.7. The number of amides is 5. The molecule has 2 aromatic carbocycles. The zero-order valence-corrected chi connectivity index (χ0v) is 25.1. The lowest BCUT2D eigenvalue weighted by Crippen LogP contribution is -2.59. The van der Waals surface area contributed by atoms with Crippen LogP contribution >= 0.6 is 0 Å². The molecule has 5 amide bonds. The lowest BCUT2D eigenvalue weighted by Gasteiger charge is -2.26. The van der Waals surface area contributed by atoms with Crippen molar-refractivity contribution in [3.05, 3.63) is 48.0 Å². The van der Waals surface area contributed by atoms with Crippen molar-refractivity contribution >= 4 is 52.1 Å². The SMILES string of the molecule is CN[C@@H](C)C(=O)N[C@H](CC(N)=O)C(=O)N[C@H](CCC(=O)O)C(=O)N[C@H](Cc1cccc2ccccc12)C(=O)N[C@@H](C)C(C)=O. The minimum Gasteiger partial charge on any atom is -0.481 e. The van der Waals surface area contributed by atoms with Gasteiger partial charge in [0.2, 0.25) is 29.5 Å². The number of fused-ring (bicyclic) bond motifs is 1. The van der Waals surface area contributed by atoms with E-state index in [1.54, 1.807) is 12.1 Å². The van der Waals surface area contributed by atoms with Crippen molar-refractivity contribution in [2.75, 3.05) is 7.05 Å². The van der Waals surface area contributed by atoms with Crippen molar-refractivity contribution in [1.29, 1.82) is 0 Å². The smallest absolute Gasteiger partial charge is 0.303 e. The Hall–Kier alpha value is -4.85. The molecule has 5 atom stereocenters. The predicted octanol–water partition coefficient (Wildman–Crippen LogP) is -0.721. The van der Waals surface area contributed by atoms with E-state index in [0.717, 1.165) is 10.8 Å². The Bertz CT molecular complexity index is 1390. The molecule has 0 spiro atoms. The average Bonchev–Trinajstić information content (AvgIpc) is 2.97. The molecule has 8 N–H and O–H groups in total. The molecule has 0 heterocycles. The molecule has 14 heteroatoms. The van der Waals surface area contributed by atoms with Crippen LogP contribution in [0.15, 0.2) is 42.5 Å². The minimum atomic E-state index is -1.47. The van der Waals surface area contributed by atoms with Crippen LogP contribution in [0.3, 0.4) is 0 Å². The van der Waals surface area contributed by atoms with E-state index in [1.165, 1.54) is 27.8 Å². The molecule has 0 radical (unpaired) electrons. The fourth-order valence-electron chi connectivity index (χ4n) is 4.23. The van der Waals surface area contributed by atoms with Crippen LogP contribution in [-0.2, 0) is 40.0 Å². The number of benzene rings is 2. The van der Waals surface area contributed by atoms with Crippen LogP contribution in [-0.4, -0.2) is 83.7 Å². The van der Waals surface area contributed by atoms with Crippen molar-refractivity contribution in [3.63, 3.8) is 0 Å². The maximum Gasteiger partial charge on any atom is 0.303 e. The van der Waals surface area contributed by atoms with Gasteiger partial charge in [0.05, 0.1) is 18.5 Å². The number of primary amides is 1. The topological polar surface area (TPSA) is 226 Å². The van der Waals surface area contributed by atoms with Gasteiger partial charge < -0.3 is 37.4 Å². The van der Waals surface area contributed by atoms with Crippen molar-refractivity contribution in [1.82, 2.24) is 26.6 Å². The Labute approximate surface area is 254 Å². The number of nitrogens with two attached hydrogens (primary N) is 1. The highest BCUT2D eigenvalue weighted by atomic mass is 16.4. The first-order valence-corrected chi connectivity index (χ1v) is 14.1. The van der Waals surface area contributed by atoms with E-state index in [-0.39, 0.29) is 18.6 Å². The number of carbonyl (C=O) groups excluding carboxylic acids is 6. The maximum atomic E-state index is 13.5. The molecule has 0 saturated heterocycles. The van der Waals surface area contributed by atoms with E-state index in [2.05, 4.69) is 26.6 Å². The van der Waals surface area contributed by atoms with Crippen LogP contribution < -0.4 is 32.3 Å². The van der Waals surface area contributed by atoms with Gasteiger partial charge in [-0.3, -0.25) is 33.6 Å². The van der Waals surface area contributed by atoms with Gasteiger partial charge in [-0.1, -0.05) is 42.5 Å². The highest BCUT2D eigenvalue weighted by Crippen LogP contribution is 2.20. The molecule has 0 fully saturated rings. The number of ketones is 1. The van der Waals surface area contributed by atoms with E-state index in [4.69, 9.17) is 5.73 Å². The number of carbonyl (C=O) groups is 7. The quantitative estimate of drug-likeness (QED) is 0.119. The van der Waals surface area contributed by atoms with E-state index in [0.29, 0.717) is 5.56 Å². The van der Waals surface area contributed by atoms with Gasteiger partial charge in [-0.25, -0.2) is 0 Å². The second-order valence-electron chi connectivity index (χ2n) is 10.5. The molecule has 44 heavy (non-hydrogen) atoms. The Balaban J connectivity index is 2.38. The first-order valence-electron chi connectivity index (χ1n) is 14.1. The molecule has 238 valence electrons. The zero-order chi connectivity index (χ0) is 33.0. The van der Waals surface area contributed by atoms with Crippen molar-refractivity contribution in [2.45, 2.75) is 76.7 Å². The molecule has 0 aliphatic carbocycles. The summed E-state index contributed by atoms with van der Waals surface area (Å²) in [6.45, 7) is 4.32. The van der Waals surface area contributed by atoms with Gasteiger partial charge in [-0.05, 0) is 50.6 Å². The number of carboxylic acid groups (broad SMARTS) is 1. The molecule has 2 rings (SSSR count). The van der Waals surface area contributed by atoms with Gasteiger partial charge in [0.1, 0.15) is 18.1 Å². The lowest BCUT2D eigenvalue weighted by molar-refractivity contribution is -0.138. The summed E-state index contributed by atoms with van der Waals surface area (Å²) in [5.74, 6) is -5.59. The van der Waals surface area contributed by atoms with Crippen molar-refractivity contribution in [2.24, 2.45) is 5.73 Å². The molecule has 0 saturated carbocycles. The van der Waals surface area contributed by atoms with Crippen LogP contribution in [0.2, 0.25) is 0 Å². The van der Waals surface area contributed by atoms with Crippen LogP contribution in [0.1, 0.15) is 45.6 Å². The third-order valence-corrected chi connectivity index (χ3v) is 7.05. The molecule has 14 nitrogen and oxygen atoms in total. The largest absolute Gasteiger partial charge is 0.481 e. The van der Waals surface area contributed by atoms with Gasteiger partial charge in [0, 0.05) is 12.8 Å². The van der Waals surface area contributed by atoms with Crippen molar-refractivity contribution in [3.8, 4) is 0 Å². The summed E-state index contributed by atoms with van der Waals surface area (Å²) in [5, 5.41) is 23.6. The van der Waals surface area contributed by atoms with E-state index in [9.17, 15) is 38.7 Å². The summed E-state index contributed by atoms with van der Waals surface area (Å²) in [7, 11) is 1.52. The summed E-state index contributed by atoms with van der Waals surface area (Å²) >= 11 is 0. The number of rotatable bonds is 17. The van der Waals surface area contributed by atoms with Gasteiger partial charge in [0.15, 0.2) is 5.78 Å². The van der Waals surface area contributed by atoms with Gasteiger partial charge in [-0.2, -0.15) is 0 Å². The molecule has 0 aliphatic rings. The number of hydrogen-bond acceptors (Lipinski definition) is 8. The Morgan fingerprint density at radius 1 is 0.750 bits per heavy atom.